The molecule has 1 amide bonds. The predicted molar refractivity (Wildman–Crippen MR) is 116 cm³/mol. The van der Waals surface area contributed by atoms with E-state index in [9.17, 15) is 18.0 Å². The summed E-state index contributed by atoms with van der Waals surface area (Å²) in [5, 5.41) is 4.54. The quantitative estimate of drug-likeness (QED) is 0.365. The first-order chi connectivity index (χ1) is 14.8. The van der Waals surface area contributed by atoms with E-state index < -0.39 is 11.7 Å². The van der Waals surface area contributed by atoms with E-state index in [0.717, 1.165) is 28.6 Å². The molecule has 0 fully saturated rings. The zero-order chi connectivity index (χ0) is 22.0. The summed E-state index contributed by atoms with van der Waals surface area (Å²) in [4.78, 5) is 15.6. The molecule has 3 aromatic carbocycles. The number of aromatic amines is 1. The number of rotatable bonds is 5. The van der Waals surface area contributed by atoms with E-state index in [1.807, 2.05) is 24.4 Å². The number of alkyl halides is 3. The largest absolute Gasteiger partial charge is 0.416 e. The van der Waals surface area contributed by atoms with E-state index in [-0.39, 0.29) is 5.91 Å². The molecule has 4 aromatic rings. The summed E-state index contributed by atoms with van der Waals surface area (Å²) in [6.07, 6.45) is -1.86. The maximum absolute atomic E-state index is 12.9. The molecule has 0 aliphatic heterocycles. The second-order valence-corrected chi connectivity index (χ2v) is 7.60. The highest BCUT2D eigenvalue weighted by molar-refractivity contribution is 6.31. The highest BCUT2D eigenvalue weighted by Crippen LogP contribution is 2.32. The average Bonchev–Trinajstić information content (AvgIpc) is 3.15. The van der Waals surface area contributed by atoms with Gasteiger partial charge in [0.2, 0.25) is 0 Å². The monoisotopic (exact) mass is 442 g/mol. The summed E-state index contributed by atoms with van der Waals surface area (Å²) >= 11 is 6.06. The van der Waals surface area contributed by atoms with Crippen molar-refractivity contribution in [1.82, 2.24) is 10.3 Å². The summed E-state index contributed by atoms with van der Waals surface area (Å²) in [6.45, 7) is 0.438. The molecule has 1 heterocycles. The van der Waals surface area contributed by atoms with Crippen LogP contribution in [0.5, 0.6) is 0 Å². The molecule has 0 aliphatic rings. The van der Waals surface area contributed by atoms with Crippen molar-refractivity contribution in [2.45, 2.75) is 12.6 Å². The fourth-order valence-electron chi connectivity index (χ4n) is 3.46. The van der Waals surface area contributed by atoms with E-state index in [4.69, 9.17) is 11.6 Å². The molecule has 2 N–H and O–H groups in total. The van der Waals surface area contributed by atoms with Gasteiger partial charge in [-0.15, -0.1) is 0 Å². The number of H-pyrrole nitrogens is 1. The minimum atomic E-state index is -4.40. The lowest BCUT2D eigenvalue weighted by molar-refractivity contribution is -0.137. The van der Waals surface area contributed by atoms with Crippen LogP contribution in [0.3, 0.4) is 0 Å². The number of halogens is 4. The Kier molecular flexibility index (Phi) is 5.74. The molecular weight excluding hydrogens is 425 g/mol. The standard InChI is InChI=1S/C24H18ClF3N2O/c25-20-8-9-22-21(13-20)18(14-30-22)10-11-29-23(31)16-6-4-15(5-7-16)17-2-1-3-19(12-17)24(26,27)28/h1-9,12-14,30H,10-11H2,(H,29,31). The smallest absolute Gasteiger partial charge is 0.361 e. The van der Waals surface area contributed by atoms with Crippen molar-refractivity contribution in [2.24, 2.45) is 0 Å². The van der Waals surface area contributed by atoms with Crippen LogP contribution in [0, 0.1) is 0 Å². The van der Waals surface area contributed by atoms with Crippen molar-refractivity contribution in [3.8, 4) is 11.1 Å². The molecule has 0 atom stereocenters. The van der Waals surface area contributed by atoms with Gasteiger partial charge in [-0.05, 0) is 65.6 Å². The van der Waals surface area contributed by atoms with Gasteiger partial charge in [-0.2, -0.15) is 13.2 Å². The number of amides is 1. The van der Waals surface area contributed by atoms with Gasteiger partial charge in [0.15, 0.2) is 0 Å². The topological polar surface area (TPSA) is 44.9 Å². The molecule has 4 rings (SSSR count). The first kappa shape index (κ1) is 21.0. The summed E-state index contributed by atoms with van der Waals surface area (Å²) in [7, 11) is 0. The second-order valence-electron chi connectivity index (χ2n) is 7.17. The average molecular weight is 443 g/mol. The zero-order valence-corrected chi connectivity index (χ0v) is 17.0. The Morgan fingerprint density at radius 3 is 2.48 bits per heavy atom. The number of aromatic nitrogens is 1. The predicted octanol–water partition coefficient (Wildman–Crippen LogP) is 6.48. The molecule has 31 heavy (non-hydrogen) atoms. The Hall–Kier alpha value is -3.25. The molecule has 0 saturated carbocycles. The number of hydrogen-bond acceptors (Lipinski definition) is 1. The molecule has 158 valence electrons. The number of carbonyl (C=O) groups is 1. The van der Waals surface area contributed by atoms with Crippen LogP contribution < -0.4 is 5.32 Å². The number of benzene rings is 3. The van der Waals surface area contributed by atoms with Gasteiger partial charge >= 0.3 is 6.18 Å². The molecule has 7 heteroatoms. The molecule has 0 spiro atoms. The van der Waals surface area contributed by atoms with Gasteiger partial charge in [-0.25, -0.2) is 0 Å². The van der Waals surface area contributed by atoms with Crippen LogP contribution in [-0.4, -0.2) is 17.4 Å². The first-order valence-corrected chi connectivity index (χ1v) is 10.0. The van der Waals surface area contributed by atoms with Crippen molar-refractivity contribution in [3.05, 3.63) is 94.6 Å². The van der Waals surface area contributed by atoms with Crippen molar-refractivity contribution >= 4 is 28.4 Å². The van der Waals surface area contributed by atoms with Crippen LogP contribution in [0.15, 0.2) is 72.9 Å². The van der Waals surface area contributed by atoms with Gasteiger partial charge in [0.25, 0.3) is 5.91 Å². The van der Waals surface area contributed by atoms with E-state index in [1.54, 1.807) is 30.3 Å². The van der Waals surface area contributed by atoms with Crippen LogP contribution in [0.25, 0.3) is 22.0 Å². The Labute approximate surface area is 181 Å². The van der Waals surface area contributed by atoms with Crippen LogP contribution >= 0.6 is 11.6 Å². The number of fused-ring (bicyclic) bond motifs is 1. The number of hydrogen-bond donors (Lipinski definition) is 2. The molecular formula is C24H18ClF3N2O. The Morgan fingerprint density at radius 1 is 0.968 bits per heavy atom. The van der Waals surface area contributed by atoms with Gasteiger partial charge in [-0.3, -0.25) is 4.79 Å². The van der Waals surface area contributed by atoms with Crippen molar-refractivity contribution in [3.63, 3.8) is 0 Å². The highest BCUT2D eigenvalue weighted by Gasteiger charge is 2.30. The third-order valence-corrected chi connectivity index (χ3v) is 5.31. The maximum Gasteiger partial charge on any atom is 0.416 e. The maximum atomic E-state index is 12.9. The Balaban J connectivity index is 1.40. The third kappa shape index (κ3) is 4.75. The summed E-state index contributed by atoms with van der Waals surface area (Å²) in [5.74, 6) is -0.242. The van der Waals surface area contributed by atoms with Crippen molar-refractivity contribution in [1.29, 1.82) is 0 Å². The molecule has 0 aliphatic carbocycles. The van der Waals surface area contributed by atoms with Gasteiger partial charge in [0.1, 0.15) is 0 Å². The molecule has 0 saturated heterocycles. The first-order valence-electron chi connectivity index (χ1n) is 9.63. The minimum Gasteiger partial charge on any atom is -0.361 e. The fraction of sp³-hybridized carbons (Fsp3) is 0.125. The Morgan fingerprint density at radius 2 is 1.74 bits per heavy atom. The minimum absolute atomic E-state index is 0.242. The van der Waals surface area contributed by atoms with E-state index in [1.165, 1.54) is 6.07 Å². The van der Waals surface area contributed by atoms with Crippen LogP contribution in [0.2, 0.25) is 5.02 Å². The van der Waals surface area contributed by atoms with E-state index in [0.29, 0.717) is 34.7 Å². The zero-order valence-electron chi connectivity index (χ0n) is 16.3. The van der Waals surface area contributed by atoms with Crippen LogP contribution in [0.4, 0.5) is 13.2 Å². The highest BCUT2D eigenvalue weighted by atomic mass is 35.5. The van der Waals surface area contributed by atoms with Gasteiger partial charge in [0.05, 0.1) is 5.56 Å². The van der Waals surface area contributed by atoms with Crippen LogP contribution in [0.1, 0.15) is 21.5 Å². The molecule has 0 radical (unpaired) electrons. The van der Waals surface area contributed by atoms with Crippen molar-refractivity contribution < 1.29 is 18.0 Å². The van der Waals surface area contributed by atoms with Gasteiger partial charge in [-0.1, -0.05) is 35.9 Å². The molecule has 0 unspecified atom stereocenters. The van der Waals surface area contributed by atoms with Crippen LogP contribution in [-0.2, 0) is 12.6 Å². The number of nitrogens with one attached hydrogen (secondary N) is 2. The SMILES string of the molecule is O=C(NCCc1c[nH]c2ccc(Cl)cc12)c1ccc(-c2cccc(C(F)(F)F)c2)cc1. The summed E-state index contributed by atoms with van der Waals surface area (Å²) < 4.78 is 38.8. The second kappa shape index (κ2) is 8.47. The number of carbonyl (C=O) groups excluding carboxylic acids is 1. The van der Waals surface area contributed by atoms with Gasteiger partial charge < -0.3 is 10.3 Å². The lowest BCUT2D eigenvalue weighted by Gasteiger charge is -2.10. The van der Waals surface area contributed by atoms with Gasteiger partial charge in [0, 0.05) is 34.2 Å². The summed E-state index contributed by atoms with van der Waals surface area (Å²) in [5.41, 5.74) is 2.83. The van der Waals surface area contributed by atoms with E-state index in [2.05, 4.69) is 10.3 Å². The molecule has 1 aromatic heterocycles. The van der Waals surface area contributed by atoms with E-state index >= 15 is 0 Å². The lowest BCUT2D eigenvalue weighted by atomic mass is 10.0. The normalized spacial score (nSPS) is 11.6. The Bertz CT molecular complexity index is 1230. The van der Waals surface area contributed by atoms with Crippen molar-refractivity contribution in [2.75, 3.05) is 6.54 Å². The molecule has 0 bridgehead atoms. The molecule has 3 nitrogen and oxygen atoms in total. The fourth-order valence-corrected chi connectivity index (χ4v) is 3.63. The lowest BCUT2D eigenvalue weighted by Crippen LogP contribution is -2.25. The summed E-state index contributed by atoms with van der Waals surface area (Å²) in [6, 6.07) is 17.2. The third-order valence-electron chi connectivity index (χ3n) is 5.08.